The number of halogens is 1. The molecule has 1 aromatic rings. The van der Waals surface area contributed by atoms with Crippen molar-refractivity contribution in [2.45, 2.75) is 6.92 Å². The Labute approximate surface area is 109 Å². The van der Waals surface area contributed by atoms with Crippen molar-refractivity contribution >= 4 is 5.69 Å². The van der Waals surface area contributed by atoms with Crippen LogP contribution in [0, 0.1) is 46.7 Å². The summed E-state index contributed by atoms with van der Waals surface area (Å²) in [6, 6.07) is 7.49. The molecule has 0 heterocycles. The molecule has 0 aliphatic rings. The van der Waals surface area contributed by atoms with Crippen LogP contribution in [0.1, 0.15) is 5.56 Å². The van der Waals surface area contributed by atoms with Crippen LogP contribution in [0.5, 0.6) is 5.75 Å². The number of anilines is 1. The zero-order chi connectivity index (χ0) is 14.4. The maximum Gasteiger partial charge on any atom is 0.163 e. The molecule has 0 bridgehead atoms. The second kappa shape index (κ2) is 6.05. The zero-order valence-electron chi connectivity index (χ0n) is 10.3. The molecule has 0 aliphatic carbocycles. The fourth-order valence-corrected chi connectivity index (χ4v) is 1.45. The fraction of sp³-hybridized carbons (Fsp3) is 0.154. The molecule has 6 heteroatoms. The third kappa shape index (κ3) is 2.80. The lowest BCUT2D eigenvalue weighted by Gasteiger charge is -2.13. The van der Waals surface area contributed by atoms with Gasteiger partial charge in [0.15, 0.2) is 5.57 Å². The van der Waals surface area contributed by atoms with Crippen LogP contribution >= 0.6 is 0 Å². The number of hydrogen-bond donors (Lipinski definition) is 1. The van der Waals surface area contributed by atoms with Crippen LogP contribution in [0.4, 0.5) is 10.1 Å². The summed E-state index contributed by atoms with van der Waals surface area (Å²) < 4.78 is 18.4. The van der Waals surface area contributed by atoms with Gasteiger partial charge in [0, 0.05) is 5.56 Å². The number of nitrogens with zero attached hydrogens (tertiary/aromatic N) is 3. The van der Waals surface area contributed by atoms with Crippen LogP contribution in [-0.2, 0) is 0 Å². The van der Waals surface area contributed by atoms with Gasteiger partial charge in [0.25, 0.3) is 0 Å². The molecule has 0 unspecified atom stereocenters. The van der Waals surface area contributed by atoms with Gasteiger partial charge in [-0.15, -0.1) is 0 Å². The van der Waals surface area contributed by atoms with E-state index in [2.05, 4.69) is 5.32 Å². The third-order valence-electron chi connectivity index (χ3n) is 2.39. The maximum atomic E-state index is 13.4. The smallest absolute Gasteiger partial charge is 0.163 e. The van der Waals surface area contributed by atoms with Gasteiger partial charge in [-0.3, -0.25) is 0 Å². The number of rotatable bonds is 3. The van der Waals surface area contributed by atoms with E-state index in [1.807, 2.05) is 0 Å². The van der Waals surface area contributed by atoms with Crippen LogP contribution in [0.3, 0.4) is 0 Å². The molecule has 1 N–H and O–H groups in total. The van der Waals surface area contributed by atoms with E-state index in [0.29, 0.717) is 5.69 Å². The number of benzene rings is 1. The monoisotopic (exact) mass is 256 g/mol. The number of nitrogens with one attached hydrogen (secondary N) is 1. The third-order valence-corrected chi connectivity index (χ3v) is 2.39. The SMILES string of the molecule is COc1c(NC(C#N)=C(C#N)C#N)ccc(F)c1C. The van der Waals surface area contributed by atoms with Gasteiger partial charge in [-0.1, -0.05) is 0 Å². The van der Waals surface area contributed by atoms with Crippen molar-refractivity contribution in [2.24, 2.45) is 0 Å². The van der Waals surface area contributed by atoms with Crippen molar-refractivity contribution in [1.82, 2.24) is 0 Å². The summed E-state index contributed by atoms with van der Waals surface area (Å²) in [7, 11) is 1.36. The first-order chi connectivity index (χ1) is 9.08. The first kappa shape index (κ1) is 14.0. The summed E-state index contributed by atoms with van der Waals surface area (Å²) >= 11 is 0. The van der Waals surface area contributed by atoms with Crippen molar-refractivity contribution in [3.05, 3.63) is 34.8 Å². The number of methoxy groups -OCH3 is 1. The van der Waals surface area contributed by atoms with Gasteiger partial charge in [-0.05, 0) is 19.1 Å². The minimum Gasteiger partial charge on any atom is -0.494 e. The maximum absolute atomic E-state index is 13.4. The molecular formula is C13H9FN4O. The van der Waals surface area contributed by atoms with Gasteiger partial charge in [0.05, 0.1) is 12.8 Å². The summed E-state index contributed by atoms with van der Waals surface area (Å²) in [4.78, 5) is 0. The summed E-state index contributed by atoms with van der Waals surface area (Å²) in [6.07, 6.45) is 0. The zero-order valence-corrected chi connectivity index (χ0v) is 10.3. The molecule has 0 saturated heterocycles. The highest BCUT2D eigenvalue weighted by Gasteiger charge is 2.13. The van der Waals surface area contributed by atoms with Crippen LogP contribution < -0.4 is 10.1 Å². The Morgan fingerprint density at radius 2 is 1.84 bits per heavy atom. The molecule has 0 radical (unpaired) electrons. The van der Waals surface area contributed by atoms with E-state index >= 15 is 0 Å². The summed E-state index contributed by atoms with van der Waals surface area (Å²) in [5.74, 6) is -0.242. The molecule has 0 fully saturated rings. The summed E-state index contributed by atoms with van der Waals surface area (Å²) in [5, 5.41) is 29.0. The standard InChI is InChI=1S/C13H9FN4O/c1-8-10(14)3-4-11(13(8)19-2)18-12(7-17)9(5-15)6-16/h3-4,18H,1-2H3. The van der Waals surface area contributed by atoms with E-state index in [1.54, 1.807) is 18.2 Å². The average Bonchev–Trinajstić information content (AvgIpc) is 2.43. The first-order valence-electron chi connectivity index (χ1n) is 5.13. The topological polar surface area (TPSA) is 92.6 Å². The van der Waals surface area contributed by atoms with E-state index in [9.17, 15) is 4.39 Å². The van der Waals surface area contributed by atoms with E-state index in [-0.39, 0.29) is 22.6 Å². The average molecular weight is 256 g/mol. The van der Waals surface area contributed by atoms with Crippen molar-refractivity contribution < 1.29 is 9.13 Å². The van der Waals surface area contributed by atoms with Crippen molar-refractivity contribution in [3.63, 3.8) is 0 Å². The van der Waals surface area contributed by atoms with Crippen molar-refractivity contribution in [1.29, 1.82) is 15.8 Å². The predicted molar refractivity (Wildman–Crippen MR) is 65.2 cm³/mol. The Hall–Kier alpha value is -3.04. The fourth-order valence-electron chi connectivity index (χ4n) is 1.45. The van der Waals surface area contributed by atoms with E-state index in [4.69, 9.17) is 20.5 Å². The van der Waals surface area contributed by atoms with Gasteiger partial charge >= 0.3 is 0 Å². The highest BCUT2D eigenvalue weighted by molar-refractivity contribution is 5.66. The first-order valence-corrected chi connectivity index (χ1v) is 5.13. The number of hydrogen-bond acceptors (Lipinski definition) is 5. The molecule has 0 spiro atoms. The molecule has 5 nitrogen and oxygen atoms in total. The molecule has 94 valence electrons. The second-order valence-electron chi connectivity index (χ2n) is 3.46. The molecule has 0 saturated carbocycles. The largest absolute Gasteiger partial charge is 0.494 e. The van der Waals surface area contributed by atoms with Gasteiger partial charge < -0.3 is 10.1 Å². The Kier molecular flexibility index (Phi) is 4.46. The summed E-state index contributed by atoms with van der Waals surface area (Å²) in [6.45, 7) is 1.52. The van der Waals surface area contributed by atoms with E-state index < -0.39 is 5.82 Å². The van der Waals surface area contributed by atoms with Gasteiger partial charge in [-0.25, -0.2) is 4.39 Å². The van der Waals surface area contributed by atoms with Crippen molar-refractivity contribution in [3.8, 4) is 24.0 Å². The molecule has 0 amide bonds. The predicted octanol–water partition coefficient (Wildman–Crippen LogP) is 2.38. The lowest BCUT2D eigenvalue weighted by Crippen LogP contribution is -2.04. The van der Waals surface area contributed by atoms with Crippen molar-refractivity contribution in [2.75, 3.05) is 12.4 Å². The number of ether oxygens (including phenoxy) is 1. The van der Waals surface area contributed by atoms with Crippen LogP contribution in [-0.4, -0.2) is 7.11 Å². The molecule has 0 aliphatic heterocycles. The van der Waals surface area contributed by atoms with Crippen LogP contribution in [0.25, 0.3) is 0 Å². The molecule has 0 aromatic heterocycles. The molecular weight excluding hydrogens is 247 g/mol. The highest BCUT2D eigenvalue weighted by atomic mass is 19.1. The van der Waals surface area contributed by atoms with Gasteiger partial charge in [0.2, 0.25) is 0 Å². The Morgan fingerprint density at radius 3 is 2.32 bits per heavy atom. The second-order valence-corrected chi connectivity index (χ2v) is 3.46. The van der Waals surface area contributed by atoms with Crippen LogP contribution in [0.15, 0.2) is 23.4 Å². The Balaban J connectivity index is 3.33. The Bertz CT molecular complexity index is 643. The number of allylic oxidation sites excluding steroid dienone is 2. The van der Waals surface area contributed by atoms with Crippen LogP contribution in [0.2, 0.25) is 0 Å². The Morgan fingerprint density at radius 1 is 1.21 bits per heavy atom. The lowest BCUT2D eigenvalue weighted by atomic mass is 10.1. The highest BCUT2D eigenvalue weighted by Crippen LogP contribution is 2.31. The van der Waals surface area contributed by atoms with E-state index in [0.717, 1.165) is 0 Å². The lowest BCUT2D eigenvalue weighted by molar-refractivity contribution is 0.409. The van der Waals surface area contributed by atoms with E-state index in [1.165, 1.54) is 26.2 Å². The molecule has 1 aromatic carbocycles. The normalized spacial score (nSPS) is 8.63. The molecule has 1 rings (SSSR count). The molecule has 19 heavy (non-hydrogen) atoms. The molecule has 0 atom stereocenters. The van der Waals surface area contributed by atoms with Gasteiger partial charge in [0.1, 0.15) is 35.5 Å². The summed E-state index contributed by atoms with van der Waals surface area (Å²) in [5.41, 5.74) is 0.00189. The number of nitriles is 3. The van der Waals surface area contributed by atoms with Gasteiger partial charge in [-0.2, -0.15) is 15.8 Å². The quantitative estimate of drug-likeness (QED) is 0.838. The minimum atomic E-state index is -0.453. The minimum absolute atomic E-state index is 0.211.